The SMILES string of the molecule is Cc1nnc(C2CC2C(=O)O)n1C1CCCC1. The van der Waals surface area contributed by atoms with Gasteiger partial charge in [-0.25, -0.2) is 0 Å². The average molecular weight is 235 g/mol. The maximum atomic E-state index is 10.9. The molecule has 2 saturated carbocycles. The summed E-state index contributed by atoms with van der Waals surface area (Å²) in [4.78, 5) is 10.9. The van der Waals surface area contributed by atoms with E-state index in [4.69, 9.17) is 5.11 Å². The second-order valence-corrected chi connectivity index (χ2v) is 5.20. The molecule has 17 heavy (non-hydrogen) atoms. The zero-order valence-corrected chi connectivity index (χ0v) is 9.96. The predicted octanol–water partition coefficient (Wildman–Crippen LogP) is 1.89. The standard InChI is InChI=1S/C12H17N3O2/c1-7-13-14-11(9-6-10(9)12(16)17)15(7)8-4-2-3-5-8/h8-10H,2-6H2,1H3,(H,16,17). The van der Waals surface area contributed by atoms with Gasteiger partial charge in [0.25, 0.3) is 0 Å². The first-order valence-corrected chi connectivity index (χ1v) is 6.32. The second-order valence-electron chi connectivity index (χ2n) is 5.20. The molecule has 1 heterocycles. The molecule has 1 aromatic rings. The van der Waals surface area contributed by atoms with Crippen LogP contribution in [0.5, 0.6) is 0 Å². The highest BCUT2D eigenvalue weighted by molar-refractivity contribution is 5.74. The van der Waals surface area contributed by atoms with Gasteiger partial charge >= 0.3 is 5.97 Å². The molecule has 0 spiro atoms. The molecular weight excluding hydrogens is 218 g/mol. The third-order valence-corrected chi connectivity index (χ3v) is 4.02. The van der Waals surface area contributed by atoms with Gasteiger partial charge in [-0.1, -0.05) is 12.8 Å². The van der Waals surface area contributed by atoms with Crippen LogP contribution in [0.15, 0.2) is 0 Å². The van der Waals surface area contributed by atoms with E-state index in [0.29, 0.717) is 6.04 Å². The Labute approximate surface area is 99.9 Å². The minimum Gasteiger partial charge on any atom is -0.481 e. The molecule has 2 aliphatic rings. The Morgan fingerprint density at radius 3 is 2.65 bits per heavy atom. The maximum Gasteiger partial charge on any atom is 0.307 e. The lowest BCUT2D eigenvalue weighted by Gasteiger charge is -2.15. The summed E-state index contributed by atoms with van der Waals surface area (Å²) in [5.74, 6) is 0.992. The first-order chi connectivity index (χ1) is 8.18. The molecule has 92 valence electrons. The average Bonchev–Trinajstić information content (AvgIpc) is 2.74. The molecule has 0 saturated heterocycles. The number of carboxylic acid groups (broad SMARTS) is 1. The topological polar surface area (TPSA) is 68.0 Å². The van der Waals surface area contributed by atoms with E-state index < -0.39 is 5.97 Å². The van der Waals surface area contributed by atoms with Crippen molar-refractivity contribution in [2.24, 2.45) is 5.92 Å². The number of hydrogen-bond donors (Lipinski definition) is 1. The van der Waals surface area contributed by atoms with Gasteiger partial charge in [0, 0.05) is 12.0 Å². The molecule has 0 amide bonds. The minimum atomic E-state index is -0.700. The number of aliphatic carboxylic acids is 1. The van der Waals surface area contributed by atoms with Crippen molar-refractivity contribution in [1.29, 1.82) is 0 Å². The lowest BCUT2D eigenvalue weighted by atomic mass is 10.2. The Morgan fingerprint density at radius 1 is 1.35 bits per heavy atom. The fraction of sp³-hybridized carbons (Fsp3) is 0.750. The highest BCUT2D eigenvalue weighted by Gasteiger charge is 2.48. The van der Waals surface area contributed by atoms with Crippen LogP contribution in [0.25, 0.3) is 0 Å². The van der Waals surface area contributed by atoms with Crippen LogP contribution in [-0.2, 0) is 4.79 Å². The van der Waals surface area contributed by atoms with E-state index in [2.05, 4.69) is 14.8 Å². The van der Waals surface area contributed by atoms with Crippen LogP contribution in [-0.4, -0.2) is 25.8 Å². The molecule has 0 radical (unpaired) electrons. The summed E-state index contributed by atoms with van der Waals surface area (Å²) in [5.41, 5.74) is 0. The van der Waals surface area contributed by atoms with Gasteiger partial charge in [-0.05, 0) is 26.2 Å². The van der Waals surface area contributed by atoms with Gasteiger partial charge in [-0.3, -0.25) is 4.79 Å². The van der Waals surface area contributed by atoms with Crippen LogP contribution in [0.4, 0.5) is 0 Å². The highest BCUT2D eigenvalue weighted by Crippen LogP contribution is 2.48. The van der Waals surface area contributed by atoms with Crippen LogP contribution in [0.3, 0.4) is 0 Å². The number of aryl methyl sites for hydroxylation is 1. The van der Waals surface area contributed by atoms with Crippen LogP contribution < -0.4 is 0 Å². The first-order valence-electron chi connectivity index (χ1n) is 6.32. The number of carbonyl (C=O) groups is 1. The third kappa shape index (κ3) is 1.73. The van der Waals surface area contributed by atoms with Gasteiger partial charge in [-0.15, -0.1) is 10.2 Å². The quantitative estimate of drug-likeness (QED) is 0.868. The normalized spacial score (nSPS) is 28.5. The molecule has 2 fully saturated rings. The minimum absolute atomic E-state index is 0.0919. The molecule has 5 heteroatoms. The van der Waals surface area contributed by atoms with Crippen LogP contribution in [0.2, 0.25) is 0 Å². The predicted molar refractivity (Wildman–Crippen MR) is 60.7 cm³/mol. The number of nitrogens with zero attached hydrogens (tertiary/aromatic N) is 3. The summed E-state index contributed by atoms with van der Waals surface area (Å²) in [5, 5.41) is 17.3. The zero-order valence-electron chi connectivity index (χ0n) is 9.96. The number of rotatable bonds is 3. The van der Waals surface area contributed by atoms with Gasteiger partial charge in [0.05, 0.1) is 5.92 Å². The summed E-state index contributed by atoms with van der Waals surface area (Å²) < 4.78 is 2.20. The lowest BCUT2D eigenvalue weighted by Crippen LogP contribution is -2.11. The summed E-state index contributed by atoms with van der Waals surface area (Å²) in [7, 11) is 0. The van der Waals surface area contributed by atoms with E-state index in [0.717, 1.165) is 18.1 Å². The van der Waals surface area contributed by atoms with E-state index in [-0.39, 0.29) is 11.8 Å². The fourth-order valence-corrected chi connectivity index (χ4v) is 3.01. The molecule has 2 aliphatic carbocycles. The molecule has 1 aromatic heterocycles. The first kappa shape index (κ1) is 10.7. The maximum absolute atomic E-state index is 10.9. The molecule has 1 N–H and O–H groups in total. The van der Waals surface area contributed by atoms with Crippen molar-refractivity contribution in [2.75, 3.05) is 0 Å². The molecule has 0 aromatic carbocycles. The monoisotopic (exact) mass is 235 g/mol. The Hall–Kier alpha value is -1.39. The van der Waals surface area contributed by atoms with Crippen molar-refractivity contribution in [3.8, 4) is 0 Å². The Kier molecular flexibility index (Phi) is 2.42. The molecule has 0 aliphatic heterocycles. The fourth-order valence-electron chi connectivity index (χ4n) is 3.01. The number of carboxylic acids is 1. The Balaban J connectivity index is 1.88. The Morgan fingerprint density at radius 2 is 2.06 bits per heavy atom. The van der Waals surface area contributed by atoms with Gasteiger partial charge in [0.15, 0.2) is 0 Å². The molecule has 5 nitrogen and oxygen atoms in total. The molecule has 2 unspecified atom stereocenters. The highest BCUT2D eigenvalue weighted by atomic mass is 16.4. The van der Waals surface area contributed by atoms with Crippen molar-refractivity contribution < 1.29 is 9.90 Å². The van der Waals surface area contributed by atoms with E-state index in [1.807, 2.05) is 6.92 Å². The van der Waals surface area contributed by atoms with Gasteiger partial charge < -0.3 is 9.67 Å². The van der Waals surface area contributed by atoms with Crippen LogP contribution in [0, 0.1) is 12.8 Å². The van der Waals surface area contributed by atoms with Crippen LogP contribution in [0.1, 0.15) is 55.7 Å². The van der Waals surface area contributed by atoms with Crippen molar-refractivity contribution in [3.63, 3.8) is 0 Å². The molecular formula is C12H17N3O2. The van der Waals surface area contributed by atoms with E-state index in [1.54, 1.807) is 0 Å². The smallest absolute Gasteiger partial charge is 0.307 e. The van der Waals surface area contributed by atoms with Gasteiger partial charge in [0.1, 0.15) is 11.6 Å². The second kappa shape index (κ2) is 3.82. The van der Waals surface area contributed by atoms with E-state index >= 15 is 0 Å². The summed E-state index contributed by atoms with van der Waals surface area (Å²) in [6.45, 7) is 1.97. The van der Waals surface area contributed by atoms with E-state index in [9.17, 15) is 4.79 Å². The largest absolute Gasteiger partial charge is 0.481 e. The summed E-state index contributed by atoms with van der Waals surface area (Å²) in [6.07, 6.45) is 5.59. The van der Waals surface area contributed by atoms with E-state index in [1.165, 1.54) is 25.7 Å². The summed E-state index contributed by atoms with van der Waals surface area (Å²) in [6, 6.07) is 0.495. The lowest BCUT2D eigenvalue weighted by molar-refractivity contribution is -0.138. The third-order valence-electron chi connectivity index (χ3n) is 4.02. The molecule has 3 rings (SSSR count). The van der Waals surface area contributed by atoms with Crippen molar-refractivity contribution >= 4 is 5.97 Å². The van der Waals surface area contributed by atoms with Crippen molar-refractivity contribution in [1.82, 2.24) is 14.8 Å². The number of hydrogen-bond acceptors (Lipinski definition) is 3. The number of aromatic nitrogens is 3. The van der Waals surface area contributed by atoms with Crippen molar-refractivity contribution in [3.05, 3.63) is 11.6 Å². The Bertz CT molecular complexity index is 449. The van der Waals surface area contributed by atoms with Crippen molar-refractivity contribution in [2.45, 2.75) is 51.0 Å². The van der Waals surface area contributed by atoms with Gasteiger partial charge in [0.2, 0.25) is 0 Å². The van der Waals surface area contributed by atoms with Crippen LogP contribution >= 0.6 is 0 Å². The zero-order chi connectivity index (χ0) is 12.0. The molecule has 0 bridgehead atoms. The summed E-state index contributed by atoms with van der Waals surface area (Å²) >= 11 is 0. The van der Waals surface area contributed by atoms with Gasteiger partial charge in [-0.2, -0.15) is 0 Å². The molecule has 2 atom stereocenters.